The van der Waals surface area contributed by atoms with Gasteiger partial charge in [0.25, 0.3) is 5.91 Å². The lowest BCUT2D eigenvalue weighted by molar-refractivity contribution is -0.241. The molecule has 2 aromatic rings. The molecule has 2 fully saturated rings. The number of halogens is 6. The third-order valence-corrected chi connectivity index (χ3v) is 8.13. The smallest absolute Gasteiger partial charge is 0.419 e. The molecule has 232 valence electrons. The number of carbonyl (C=O) groups excluding carboxylic acids is 1. The van der Waals surface area contributed by atoms with Crippen molar-refractivity contribution in [3.05, 3.63) is 76.4 Å². The topological polar surface area (TPSA) is 99.5 Å². The van der Waals surface area contributed by atoms with Gasteiger partial charge in [-0.05, 0) is 49.2 Å². The van der Waals surface area contributed by atoms with E-state index < -0.39 is 65.7 Å². The molecule has 0 aliphatic carbocycles. The molecular formula is C29H28F6N2O6. The maximum atomic E-state index is 13.5. The second kappa shape index (κ2) is 11.1. The van der Waals surface area contributed by atoms with E-state index in [4.69, 9.17) is 9.47 Å². The van der Waals surface area contributed by atoms with Crippen LogP contribution in [0.2, 0.25) is 0 Å². The average molecular weight is 615 g/mol. The van der Waals surface area contributed by atoms with Gasteiger partial charge in [0.2, 0.25) is 5.79 Å². The Bertz CT molecular complexity index is 1430. The van der Waals surface area contributed by atoms with E-state index in [0.717, 1.165) is 16.0 Å². The molecule has 2 aromatic carbocycles. The number of hydrogen-bond acceptors (Lipinski definition) is 6. The summed E-state index contributed by atoms with van der Waals surface area (Å²) in [5.74, 6) is -5.22. The van der Waals surface area contributed by atoms with Crippen molar-refractivity contribution in [2.24, 2.45) is 0 Å². The van der Waals surface area contributed by atoms with Crippen molar-refractivity contribution in [1.82, 2.24) is 9.80 Å². The number of ether oxygens (including phenoxy) is 2. The molecule has 0 radical (unpaired) electrons. The Hall–Kier alpha value is -3.62. The first-order valence-electron chi connectivity index (χ1n) is 13.4. The molecule has 0 aromatic heterocycles. The number of nitrogens with zero attached hydrogens (tertiary/aromatic N) is 2. The van der Waals surface area contributed by atoms with E-state index in [0.29, 0.717) is 32.0 Å². The second-order valence-electron chi connectivity index (χ2n) is 11.0. The third kappa shape index (κ3) is 6.22. The van der Waals surface area contributed by atoms with Crippen LogP contribution in [0.1, 0.15) is 57.8 Å². The zero-order valence-electron chi connectivity index (χ0n) is 22.7. The standard InChI is InChI=1S/C29H28F6N2O6/c1-16-12-36(8-6-22(16)17-3-2-4-18(9-17)25(38)39)21-5-7-27(41,43-14-21)26(40)37-13-19-10-20(28(30,31)32)11-23(29(33,34)35)24(19)42-15-37/h2-4,9-11,21-22,41H,1,5-8,12-15H2,(H,38,39)/t21-,22+,27-/m1/s1. The van der Waals surface area contributed by atoms with E-state index in [1.165, 1.54) is 6.07 Å². The zero-order chi connectivity index (χ0) is 31.3. The van der Waals surface area contributed by atoms with Crippen LogP contribution in [0.3, 0.4) is 0 Å². The number of amides is 1. The molecule has 0 unspecified atom stereocenters. The molecule has 3 heterocycles. The molecule has 2 N–H and O–H groups in total. The van der Waals surface area contributed by atoms with Crippen LogP contribution in [-0.4, -0.2) is 70.1 Å². The number of rotatable bonds is 4. The van der Waals surface area contributed by atoms with Gasteiger partial charge in [-0.2, -0.15) is 26.3 Å². The lowest BCUT2D eigenvalue weighted by Gasteiger charge is -2.44. The van der Waals surface area contributed by atoms with Gasteiger partial charge in [-0.1, -0.05) is 24.3 Å². The van der Waals surface area contributed by atoms with Crippen LogP contribution in [-0.2, 0) is 28.4 Å². The summed E-state index contributed by atoms with van der Waals surface area (Å²) < 4.78 is 91.2. The summed E-state index contributed by atoms with van der Waals surface area (Å²) >= 11 is 0. The number of carboxylic acid groups (broad SMARTS) is 1. The first-order valence-corrected chi connectivity index (χ1v) is 13.4. The molecule has 1 amide bonds. The van der Waals surface area contributed by atoms with Crippen molar-refractivity contribution < 1.29 is 55.6 Å². The Kier molecular flexibility index (Phi) is 7.99. The minimum absolute atomic E-state index is 0.0289. The van der Waals surface area contributed by atoms with Crippen molar-refractivity contribution >= 4 is 11.9 Å². The second-order valence-corrected chi connectivity index (χ2v) is 11.0. The Morgan fingerprint density at radius 3 is 2.37 bits per heavy atom. The highest BCUT2D eigenvalue weighted by Crippen LogP contribution is 2.44. The normalized spacial score (nSPS) is 25.2. The number of benzene rings is 2. The summed E-state index contributed by atoms with van der Waals surface area (Å²) in [5, 5.41) is 20.3. The van der Waals surface area contributed by atoms with Gasteiger partial charge in [0, 0.05) is 30.5 Å². The molecule has 0 bridgehead atoms. The van der Waals surface area contributed by atoms with Crippen LogP contribution in [0.15, 0.2) is 48.6 Å². The Labute approximate surface area is 242 Å². The first-order chi connectivity index (χ1) is 20.1. The van der Waals surface area contributed by atoms with Gasteiger partial charge >= 0.3 is 18.3 Å². The van der Waals surface area contributed by atoms with Crippen LogP contribution >= 0.6 is 0 Å². The van der Waals surface area contributed by atoms with Gasteiger partial charge in [-0.25, -0.2) is 4.79 Å². The van der Waals surface area contributed by atoms with E-state index in [9.17, 15) is 46.1 Å². The summed E-state index contributed by atoms with van der Waals surface area (Å²) in [6.45, 7) is 3.84. The van der Waals surface area contributed by atoms with E-state index in [-0.39, 0.29) is 36.6 Å². The van der Waals surface area contributed by atoms with Crippen LogP contribution in [0.4, 0.5) is 26.3 Å². The Balaban J connectivity index is 1.23. The van der Waals surface area contributed by atoms with Gasteiger partial charge in [-0.3, -0.25) is 9.69 Å². The van der Waals surface area contributed by atoms with Gasteiger partial charge in [0.15, 0.2) is 6.73 Å². The SMILES string of the molecule is C=C1CN([C@@H]2CC[C@](O)(C(=O)N3COc4c(cc(C(F)(F)F)cc4C(F)(F)F)C3)OC2)CC[C@@H]1c1cccc(C(=O)O)c1. The number of aromatic carboxylic acids is 1. The van der Waals surface area contributed by atoms with Crippen LogP contribution in [0.5, 0.6) is 5.75 Å². The minimum atomic E-state index is -5.13. The number of hydrogen-bond donors (Lipinski definition) is 2. The summed E-state index contributed by atoms with van der Waals surface area (Å²) in [6.07, 6.45) is -9.38. The monoisotopic (exact) mass is 614 g/mol. The lowest BCUT2D eigenvalue weighted by Crippen LogP contribution is -2.58. The zero-order valence-corrected chi connectivity index (χ0v) is 22.7. The van der Waals surface area contributed by atoms with Gasteiger partial charge in [0.1, 0.15) is 5.75 Å². The van der Waals surface area contributed by atoms with Crippen molar-refractivity contribution in [3.8, 4) is 5.75 Å². The quantitative estimate of drug-likeness (QED) is 0.369. The molecule has 0 spiro atoms. The molecule has 3 aliphatic heterocycles. The number of carbonyl (C=O) groups is 2. The molecule has 2 saturated heterocycles. The fraction of sp³-hybridized carbons (Fsp3) is 0.448. The molecule has 14 heteroatoms. The summed E-state index contributed by atoms with van der Waals surface area (Å²) in [7, 11) is 0. The highest BCUT2D eigenvalue weighted by atomic mass is 19.4. The molecule has 8 nitrogen and oxygen atoms in total. The summed E-state index contributed by atoms with van der Waals surface area (Å²) in [5.41, 5.74) is -1.73. The number of likely N-dealkylation sites (tertiary alicyclic amines) is 1. The van der Waals surface area contributed by atoms with Gasteiger partial charge in [-0.15, -0.1) is 0 Å². The van der Waals surface area contributed by atoms with Crippen molar-refractivity contribution in [1.29, 1.82) is 0 Å². The van der Waals surface area contributed by atoms with E-state index in [1.807, 2.05) is 6.07 Å². The summed E-state index contributed by atoms with van der Waals surface area (Å²) in [6, 6.07) is 6.95. The van der Waals surface area contributed by atoms with Crippen LogP contribution < -0.4 is 4.74 Å². The number of aliphatic hydroxyl groups is 1. The van der Waals surface area contributed by atoms with Crippen molar-refractivity contribution in [2.75, 3.05) is 26.4 Å². The average Bonchev–Trinajstić information content (AvgIpc) is 2.95. The fourth-order valence-electron chi connectivity index (χ4n) is 5.88. The molecule has 0 saturated carbocycles. The molecule has 5 rings (SSSR count). The molecule has 43 heavy (non-hydrogen) atoms. The van der Waals surface area contributed by atoms with E-state index in [2.05, 4.69) is 11.5 Å². The summed E-state index contributed by atoms with van der Waals surface area (Å²) in [4.78, 5) is 27.5. The highest BCUT2D eigenvalue weighted by molar-refractivity contribution is 5.87. The Morgan fingerprint density at radius 1 is 1.02 bits per heavy atom. The fourth-order valence-corrected chi connectivity index (χ4v) is 5.88. The van der Waals surface area contributed by atoms with E-state index in [1.54, 1.807) is 12.1 Å². The number of piperidine rings is 1. The van der Waals surface area contributed by atoms with Gasteiger partial charge < -0.3 is 24.6 Å². The number of fused-ring (bicyclic) bond motifs is 1. The van der Waals surface area contributed by atoms with E-state index >= 15 is 0 Å². The predicted molar refractivity (Wildman–Crippen MR) is 138 cm³/mol. The van der Waals surface area contributed by atoms with Crippen molar-refractivity contribution in [3.63, 3.8) is 0 Å². The van der Waals surface area contributed by atoms with Crippen LogP contribution in [0, 0.1) is 0 Å². The largest absolute Gasteiger partial charge is 0.478 e. The Morgan fingerprint density at radius 2 is 1.77 bits per heavy atom. The third-order valence-electron chi connectivity index (χ3n) is 8.13. The maximum absolute atomic E-state index is 13.5. The molecule has 3 aliphatic rings. The molecule has 3 atom stereocenters. The predicted octanol–water partition coefficient (Wildman–Crippen LogP) is 5.01. The minimum Gasteiger partial charge on any atom is -0.478 e. The molecular weight excluding hydrogens is 586 g/mol. The van der Waals surface area contributed by atoms with Gasteiger partial charge in [0.05, 0.1) is 29.8 Å². The maximum Gasteiger partial charge on any atom is 0.419 e. The van der Waals surface area contributed by atoms with Crippen LogP contribution in [0.25, 0.3) is 0 Å². The van der Waals surface area contributed by atoms with Crippen molar-refractivity contribution in [2.45, 2.75) is 55.9 Å². The number of alkyl halides is 6. The number of carboxylic acids is 1. The first kappa shape index (κ1) is 30.8. The highest BCUT2D eigenvalue weighted by Gasteiger charge is 2.48. The lowest BCUT2D eigenvalue weighted by atomic mass is 9.84.